The third-order valence-corrected chi connectivity index (χ3v) is 5.44. The Labute approximate surface area is 146 Å². The van der Waals surface area contributed by atoms with E-state index >= 15 is 0 Å². The van der Waals surface area contributed by atoms with Crippen molar-refractivity contribution in [1.29, 1.82) is 0 Å². The molecule has 1 saturated heterocycles. The molecule has 0 radical (unpaired) electrons. The molecule has 0 aromatic carbocycles. The lowest BCUT2D eigenvalue weighted by Gasteiger charge is -2.34. The number of rotatable bonds is 3. The van der Waals surface area contributed by atoms with Gasteiger partial charge in [-0.05, 0) is 29.8 Å². The molecule has 0 atom stereocenters. The van der Waals surface area contributed by atoms with E-state index in [9.17, 15) is 10.1 Å². The first kappa shape index (κ1) is 16.1. The summed E-state index contributed by atoms with van der Waals surface area (Å²) in [4.78, 5) is 25.1. The van der Waals surface area contributed by atoms with Gasteiger partial charge in [0.1, 0.15) is 0 Å². The quantitative estimate of drug-likeness (QED) is 0.584. The van der Waals surface area contributed by atoms with Gasteiger partial charge < -0.3 is 9.80 Å². The summed E-state index contributed by atoms with van der Waals surface area (Å²) < 4.78 is 0.611. The second-order valence-electron chi connectivity index (χ2n) is 5.37. The number of aromatic nitrogens is 2. The Balaban J connectivity index is 1.75. The number of thiazole rings is 1. The van der Waals surface area contributed by atoms with E-state index in [1.54, 1.807) is 17.5 Å². The molecule has 122 valence electrons. The van der Waals surface area contributed by atoms with Crippen LogP contribution in [-0.2, 0) is 0 Å². The summed E-state index contributed by atoms with van der Waals surface area (Å²) in [5, 5.41) is 12.3. The van der Waals surface area contributed by atoms with Gasteiger partial charge in [-0.2, -0.15) is 0 Å². The minimum absolute atomic E-state index is 0.0359. The number of piperazine rings is 1. The minimum atomic E-state index is -0.382. The fourth-order valence-corrected chi connectivity index (χ4v) is 3.78. The van der Waals surface area contributed by atoms with Crippen LogP contribution >= 0.6 is 27.3 Å². The Morgan fingerprint density at radius 1 is 1.26 bits per heavy atom. The number of nitrogens with zero attached hydrogens (tertiary/aromatic N) is 5. The molecule has 0 saturated carbocycles. The van der Waals surface area contributed by atoms with Crippen molar-refractivity contribution in [2.45, 2.75) is 13.8 Å². The van der Waals surface area contributed by atoms with E-state index in [2.05, 4.69) is 37.7 Å². The van der Waals surface area contributed by atoms with Crippen molar-refractivity contribution >= 4 is 43.9 Å². The van der Waals surface area contributed by atoms with E-state index in [4.69, 9.17) is 0 Å². The molecule has 9 heteroatoms. The van der Waals surface area contributed by atoms with Crippen LogP contribution in [0.1, 0.15) is 10.6 Å². The second kappa shape index (κ2) is 6.40. The molecule has 1 aliphatic heterocycles. The molecule has 3 rings (SSSR count). The van der Waals surface area contributed by atoms with Gasteiger partial charge in [0.25, 0.3) is 0 Å². The largest absolute Gasteiger partial charge is 0.347 e. The lowest BCUT2D eigenvalue weighted by atomic mass is 10.3. The highest BCUT2D eigenvalue weighted by atomic mass is 79.9. The average Bonchev–Trinajstić information content (AvgIpc) is 2.87. The summed E-state index contributed by atoms with van der Waals surface area (Å²) in [5.41, 5.74) is 1.10. The SMILES string of the molecule is Cc1nc(N2CCN(c3ncc(Br)cc3[N+](=O)[O-])CC2)sc1C. The number of hydrogen-bond acceptors (Lipinski definition) is 7. The molecule has 23 heavy (non-hydrogen) atoms. The van der Waals surface area contributed by atoms with Crippen LogP contribution in [0.3, 0.4) is 0 Å². The van der Waals surface area contributed by atoms with Gasteiger partial charge in [-0.15, -0.1) is 11.3 Å². The van der Waals surface area contributed by atoms with E-state index in [0.717, 1.165) is 23.9 Å². The fourth-order valence-electron chi connectivity index (χ4n) is 2.50. The molecular formula is C14H16BrN5O2S. The summed E-state index contributed by atoms with van der Waals surface area (Å²) in [6.07, 6.45) is 1.60. The third-order valence-electron chi connectivity index (χ3n) is 3.88. The number of pyridine rings is 1. The smallest absolute Gasteiger partial charge is 0.312 e. The molecule has 1 aliphatic rings. The first-order valence-corrected chi connectivity index (χ1v) is 8.80. The average molecular weight is 398 g/mol. The first-order chi connectivity index (χ1) is 11.0. The van der Waals surface area contributed by atoms with Crippen molar-refractivity contribution in [3.8, 4) is 0 Å². The summed E-state index contributed by atoms with van der Waals surface area (Å²) in [7, 11) is 0. The van der Waals surface area contributed by atoms with Crippen LogP contribution in [0, 0.1) is 24.0 Å². The van der Waals surface area contributed by atoms with Crippen molar-refractivity contribution in [2.24, 2.45) is 0 Å². The van der Waals surface area contributed by atoms with Crippen molar-refractivity contribution < 1.29 is 4.92 Å². The predicted molar refractivity (Wildman–Crippen MR) is 94.6 cm³/mol. The maximum Gasteiger partial charge on any atom is 0.312 e. The summed E-state index contributed by atoms with van der Waals surface area (Å²) >= 11 is 4.93. The summed E-state index contributed by atoms with van der Waals surface area (Å²) in [5.74, 6) is 0.435. The third kappa shape index (κ3) is 3.30. The lowest BCUT2D eigenvalue weighted by molar-refractivity contribution is -0.384. The Morgan fingerprint density at radius 3 is 2.48 bits per heavy atom. The van der Waals surface area contributed by atoms with E-state index in [-0.39, 0.29) is 10.6 Å². The minimum Gasteiger partial charge on any atom is -0.347 e. The number of anilines is 2. The van der Waals surface area contributed by atoms with Crippen LogP contribution in [0.5, 0.6) is 0 Å². The van der Waals surface area contributed by atoms with Gasteiger partial charge in [0.2, 0.25) is 5.82 Å². The van der Waals surface area contributed by atoms with Crippen molar-refractivity contribution in [2.75, 3.05) is 36.0 Å². The van der Waals surface area contributed by atoms with E-state index in [1.807, 2.05) is 11.8 Å². The Kier molecular flexibility index (Phi) is 4.49. The second-order valence-corrected chi connectivity index (χ2v) is 7.46. The maximum absolute atomic E-state index is 11.2. The Morgan fingerprint density at radius 2 is 1.91 bits per heavy atom. The van der Waals surface area contributed by atoms with Gasteiger partial charge in [-0.25, -0.2) is 9.97 Å². The highest BCUT2D eigenvalue weighted by Gasteiger charge is 2.26. The Hall–Kier alpha value is -1.74. The molecule has 0 spiro atoms. The van der Waals surface area contributed by atoms with Crippen molar-refractivity contribution in [3.05, 3.63) is 37.4 Å². The highest BCUT2D eigenvalue weighted by molar-refractivity contribution is 9.10. The zero-order chi connectivity index (χ0) is 16.6. The van der Waals surface area contributed by atoms with Crippen LogP contribution in [0.25, 0.3) is 0 Å². The summed E-state index contributed by atoms with van der Waals surface area (Å²) in [6.45, 7) is 7.02. The predicted octanol–water partition coefficient (Wildman–Crippen LogP) is 3.15. The number of aryl methyl sites for hydroxylation is 2. The summed E-state index contributed by atoms with van der Waals surface area (Å²) in [6, 6.07) is 1.50. The molecule has 0 aliphatic carbocycles. The molecule has 3 heterocycles. The van der Waals surface area contributed by atoms with Crippen LogP contribution in [-0.4, -0.2) is 41.1 Å². The van der Waals surface area contributed by atoms with Crippen LogP contribution in [0.2, 0.25) is 0 Å². The van der Waals surface area contributed by atoms with Gasteiger partial charge in [0, 0.05) is 47.8 Å². The van der Waals surface area contributed by atoms with E-state index in [0.29, 0.717) is 23.4 Å². The number of halogens is 1. The highest BCUT2D eigenvalue weighted by Crippen LogP contribution is 2.31. The van der Waals surface area contributed by atoms with Crippen LogP contribution in [0.15, 0.2) is 16.7 Å². The van der Waals surface area contributed by atoms with Gasteiger partial charge in [-0.3, -0.25) is 10.1 Å². The van der Waals surface area contributed by atoms with E-state index < -0.39 is 0 Å². The fraction of sp³-hybridized carbons (Fsp3) is 0.429. The van der Waals surface area contributed by atoms with E-state index in [1.165, 1.54) is 10.9 Å². The van der Waals surface area contributed by atoms with Crippen LogP contribution in [0.4, 0.5) is 16.6 Å². The van der Waals surface area contributed by atoms with Crippen molar-refractivity contribution in [3.63, 3.8) is 0 Å². The molecule has 7 nitrogen and oxygen atoms in total. The monoisotopic (exact) mass is 397 g/mol. The van der Waals surface area contributed by atoms with Gasteiger partial charge >= 0.3 is 5.69 Å². The molecule has 1 fully saturated rings. The van der Waals surface area contributed by atoms with Crippen molar-refractivity contribution in [1.82, 2.24) is 9.97 Å². The molecule has 2 aromatic rings. The normalized spacial score (nSPS) is 15.1. The zero-order valence-electron chi connectivity index (χ0n) is 12.8. The first-order valence-electron chi connectivity index (χ1n) is 7.19. The molecule has 0 N–H and O–H groups in total. The molecule has 0 bridgehead atoms. The zero-order valence-corrected chi connectivity index (χ0v) is 15.2. The lowest BCUT2D eigenvalue weighted by Crippen LogP contribution is -2.47. The number of hydrogen-bond donors (Lipinski definition) is 0. The molecule has 0 unspecified atom stereocenters. The molecule has 2 aromatic heterocycles. The maximum atomic E-state index is 11.2. The Bertz CT molecular complexity index is 723. The van der Waals surface area contributed by atoms with Gasteiger partial charge in [0.05, 0.1) is 10.6 Å². The standard InChI is InChI=1S/C14H16BrN5O2S/c1-9-10(2)23-14(17-9)19-5-3-18(4-6-19)13-12(20(21)22)7-11(15)8-16-13/h7-8H,3-6H2,1-2H3. The van der Waals surface area contributed by atoms with Gasteiger partial charge in [0.15, 0.2) is 5.13 Å². The molecular weight excluding hydrogens is 382 g/mol. The topological polar surface area (TPSA) is 75.4 Å². The molecule has 0 amide bonds. The van der Waals surface area contributed by atoms with Crippen LogP contribution < -0.4 is 9.80 Å². The van der Waals surface area contributed by atoms with Gasteiger partial charge in [-0.1, -0.05) is 0 Å². The number of nitro groups is 1.